The molecule has 3 heteroatoms. The topological polar surface area (TPSA) is 30.5 Å². The lowest BCUT2D eigenvalue weighted by Gasteiger charge is -2.24. The number of nitrogens with one attached hydrogen (secondary N) is 1. The van der Waals surface area contributed by atoms with Gasteiger partial charge in [0.1, 0.15) is 0 Å². The molecule has 0 spiro atoms. The summed E-state index contributed by atoms with van der Waals surface area (Å²) in [4.78, 5) is 0. The Bertz CT molecular complexity index is 135. The third-order valence-electron chi connectivity index (χ3n) is 2.54. The minimum absolute atomic E-state index is 0.424. The fourth-order valence-corrected chi connectivity index (χ4v) is 1.65. The predicted octanol–water partition coefficient (Wildman–Crippen LogP) is 1.57. The Hall–Kier alpha value is -0.120. The van der Waals surface area contributed by atoms with Crippen LogP contribution in [0.4, 0.5) is 0 Å². The zero-order valence-corrected chi connectivity index (χ0v) is 9.42. The van der Waals surface area contributed by atoms with Crippen LogP contribution >= 0.6 is 0 Å². The maximum absolute atomic E-state index is 5.63. The first-order valence-electron chi connectivity index (χ1n) is 5.75. The van der Waals surface area contributed by atoms with Crippen molar-refractivity contribution in [3.63, 3.8) is 0 Å². The van der Waals surface area contributed by atoms with Crippen molar-refractivity contribution in [2.24, 2.45) is 0 Å². The second-order valence-electron chi connectivity index (χ2n) is 3.96. The molecule has 1 heterocycles. The van der Waals surface area contributed by atoms with Gasteiger partial charge < -0.3 is 14.8 Å². The first-order chi connectivity index (χ1) is 6.83. The van der Waals surface area contributed by atoms with E-state index in [0.29, 0.717) is 12.1 Å². The molecule has 0 radical (unpaired) electrons. The summed E-state index contributed by atoms with van der Waals surface area (Å²) in [5.74, 6) is 0. The molecule has 0 aromatic rings. The first-order valence-corrected chi connectivity index (χ1v) is 5.75. The molecule has 0 aliphatic carbocycles. The minimum atomic E-state index is 0.424. The smallest absolute Gasteiger partial charge is 0.0699 e. The highest BCUT2D eigenvalue weighted by atomic mass is 16.5. The summed E-state index contributed by atoms with van der Waals surface area (Å²) in [6.45, 7) is 7.67. The zero-order chi connectivity index (χ0) is 10.2. The largest absolute Gasteiger partial charge is 0.380 e. The van der Waals surface area contributed by atoms with Crippen molar-refractivity contribution < 1.29 is 9.47 Å². The van der Waals surface area contributed by atoms with Crippen LogP contribution in [0, 0.1) is 0 Å². The van der Waals surface area contributed by atoms with Crippen LogP contribution in [0.15, 0.2) is 0 Å². The van der Waals surface area contributed by atoms with Gasteiger partial charge in [0.25, 0.3) is 0 Å². The van der Waals surface area contributed by atoms with Crippen LogP contribution in [0.2, 0.25) is 0 Å². The lowest BCUT2D eigenvalue weighted by atomic mass is 10.1. The molecule has 1 rings (SSSR count). The number of rotatable bonds is 6. The van der Waals surface area contributed by atoms with E-state index in [4.69, 9.17) is 9.47 Å². The van der Waals surface area contributed by atoms with Crippen molar-refractivity contribution in [3.8, 4) is 0 Å². The molecule has 2 atom stereocenters. The van der Waals surface area contributed by atoms with Gasteiger partial charge in [0.2, 0.25) is 0 Å². The lowest BCUT2D eigenvalue weighted by Crippen LogP contribution is -2.38. The van der Waals surface area contributed by atoms with Crippen molar-refractivity contribution in [3.05, 3.63) is 0 Å². The normalized spacial score (nSPS) is 24.9. The second kappa shape index (κ2) is 7.21. The van der Waals surface area contributed by atoms with Gasteiger partial charge in [0.15, 0.2) is 0 Å². The average Bonchev–Trinajstić information content (AvgIpc) is 2.25. The van der Waals surface area contributed by atoms with Gasteiger partial charge in [-0.3, -0.25) is 0 Å². The highest BCUT2D eigenvalue weighted by Gasteiger charge is 2.14. The number of ether oxygens (including phenoxy) is 2. The quantitative estimate of drug-likeness (QED) is 0.707. The van der Waals surface area contributed by atoms with Crippen LogP contribution in [-0.2, 0) is 9.47 Å². The summed E-state index contributed by atoms with van der Waals surface area (Å²) >= 11 is 0. The Labute approximate surface area is 87.2 Å². The summed E-state index contributed by atoms with van der Waals surface area (Å²) in [5.41, 5.74) is 0. The van der Waals surface area contributed by atoms with Gasteiger partial charge in [0.05, 0.1) is 12.7 Å². The van der Waals surface area contributed by atoms with Crippen LogP contribution in [-0.4, -0.2) is 38.5 Å². The van der Waals surface area contributed by atoms with Crippen LogP contribution in [0.25, 0.3) is 0 Å². The fraction of sp³-hybridized carbons (Fsp3) is 1.00. The molecule has 1 aliphatic heterocycles. The molecule has 1 N–H and O–H groups in total. The maximum atomic E-state index is 5.63. The van der Waals surface area contributed by atoms with Gasteiger partial charge in [-0.1, -0.05) is 0 Å². The first kappa shape index (κ1) is 12.0. The average molecular weight is 201 g/mol. The van der Waals surface area contributed by atoms with Crippen molar-refractivity contribution >= 4 is 0 Å². The van der Waals surface area contributed by atoms with Crippen molar-refractivity contribution in [1.29, 1.82) is 0 Å². The molecule has 0 amide bonds. The van der Waals surface area contributed by atoms with Gasteiger partial charge in [-0.25, -0.2) is 0 Å². The SMILES string of the molecule is CCOCC(C)NCC1CCCCO1. The molecule has 84 valence electrons. The summed E-state index contributed by atoms with van der Waals surface area (Å²) in [6.07, 6.45) is 4.17. The van der Waals surface area contributed by atoms with Crippen molar-refractivity contribution in [2.75, 3.05) is 26.4 Å². The molecule has 3 nitrogen and oxygen atoms in total. The Morgan fingerprint density at radius 1 is 1.50 bits per heavy atom. The van der Waals surface area contributed by atoms with Crippen molar-refractivity contribution in [1.82, 2.24) is 5.32 Å². The van der Waals surface area contributed by atoms with E-state index in [1.165, 1.54) is 19.3 Å². The van der Waals surface area contributed by atoms with E-state index in [2.05, 4.69) is 12.2 Å². The van der Waals surface area contributed by atoms with E-state index in [-0.39, 0.29) is 0 Å². The molecule has 1 fully saturated rings. The molecular weight excluding hydrogens is 178 g/mol. The molecule has 0 bridgehead atoms. The lowest BCUT2D eigenvalue weighted by molar-refractivity contribution is 0.0133. The van der Waals surface area contributed by atoms with Gasteiger partial charge in [-0.15, -0.1) is 0 Å². The van der Waals surface area contributed by atoms with Gasteiger partial charge >= 0.3 is 0 Å². The van der Waals surface area contributed by atoms with E-state index >= 15 is 0 Å². The van der Waals surface area contributed by atoms with E-state index in [1.54, 1.807) is 0 Å². The summed E-state index contributed by atoms with van der Waals surface area (Å²) in [6, 6.07) is 0.431. The summed E-state index contributed by atoms with van der Waals surface area (Å²) < 4.78 is 11.0. The minimum Gasteiger partial charge on any atom is -0.380 e. The summed E-state index contributed by atoms with van der Waals surface area (Å²) in [5, 5.41) is 3.44. The van der Waals surface area contributed by atoms with Gasteiger partial charge in [-0.2, -0.15) is 0 Å². The van der Waals surface area contributed by atoms with Crippen LogP contribution in [0.3, 0.4) is 0 Å². The Morgan fingerprint density at radius 2 is 2.36 bits per heavy atom. The molecule has 0 saturated carbocycles. The van der Waals surface area contributed by atoms with Crippen LogP contribution in [0.1, 0.15) is 33.1 Å². The second-order valence-corrected chi connectivity index (χ2v) is 3.96. The molecular formula is C11H23NO2. The molecule has 1 aliphatic rings. The predicted molar refractivity (Wildman–Crippen MR) is 57.5 cm³/mol. The maximum Gasteiger partial charge on any atom is 0.0699 e. The third-order valence-corrected chi connectivity index (χ3v) is 2.54. The van der Waals surface area contributed by atoms with Gasteiger partial charge in [0, 0.05) is 25.8 Å². The van der Waals surface area contributed by atoms with Crippen LogP contribution in [0.5, 0.6) is 0 Å². The fourth-order valence-electron chi connectivity index (χ4n) is 1.65. The Morgan fingerprint density at radius 3 is 3.00 bits per heavy atom. The monoisotopic (exact) mass is 201 g/mol. The van der Waals surface area contributed by atoms with E-state index in [0.717, 1.165) is 26.4 Å². The molecule has 14 heavy (non-hydrogen) atoms. The molecule has 0 aromatic carbocycles. The Balaban J connectivity index is 2.00. The van der Waals surface area contributed by atoms with Gasteiger partial charge in [-0.05, 0) is 33.1 Å². The van der Waals surface area contributed by atoms with Crippen molar-refractivity contribution in [2.45, 2.75) is 45.3 Å². The number of hydrogen-bond acceptors (Lipinski definition) is 3. The van der Waals surface area contributed by atoms with E-state index < -0.39 is 0 Å². The molecule has 0 aromatic heterocycles. The Kier molecular flexibility index (Phi) is 6.15. The highest BCUT2D eigenvalue weighted by molar-refractivity contribution is 4.69. The van der Waals surface area contributed by atoms with Crippen LogP contribution < -0.4 is 5.32 Å². The van der Waals surface area contributed by atoms with E-state index in [9.17, 15) is 0 Å². The molecule has 2 unspecified atom stereocenters. The third kappa shape index (κ3) is 4.94. The zero-order valence-electron chi connectivity index (χ0n) is 9.42. The van der Waals surface area contributed by atoms with E-state index in [1.807, 2.05) is 6.92 Å². The number of hydrogen-bond donors (Lipinski definition) is 1. The summed E-state index contributed by atoms with van der Waals surface area (Å²) in [7, 11) is 0. The standard InChI is InChI=1S/C11H23NO2/c1-3-13-9-10(2)12-8-11-6-4-5-7-14-11/h10-12H,3-9H2,1-2H3. The highest BCUT2D eigenvalue weighted by Crippen LogP contribution is 2.11. The molecule has 1 saturated heterocycles.